The first kappa shape index (κ1) is 32.4. The van der Waals surface area contributed by atoms with Crippen LogP contribution in [-0.2, 0) is 0 Å². The molecule has 5 heteroatoms. The van der Waals surface area contributed by atoms with E-state index in [1.54, 1.807) is 0 Å². The molecule has 0 amide bonds. The van der Waals surface area contributed by atoms with E-state index < -0.39 is 0 Å². The van der Waals surface area contributed by atoms with Crippen molar-refractivity contribution in [1.82, 2.24) is 24.1 Å². The van der Waals surface area contributed by atoms with Gasteiger partial charge in [0.25, 0.3) is 0 Å². The van der Waals surface area contributed by atoms with Crippen LogP contribution in [0.3, 0.4) is 0 Å². The molecule has 0 aliphatic rings. The SMILES string of the molecule is c1ccc(-c2nc(-c3ccccc3)nc(-c3ccc(-n4c5ccccc5c5cc6cccc(-n7c8ccccc8c8ccccc87)c6cc54)c4ccccc34)n2)cc1. The molecule has 0 atom stereocenters. The number of benzene rings is 9. The first-order valence-corrected chi connectivity index (χ1v) is 19.6. The van der Waals surface area contributed by atoms with E-state index in [2.05, 4.69) is 149 Å². The second kappa shape index (κ2) is 12.8. The van der Waals surface area contributed by atoms with Crippen LogP contribution in [0.15, 0.2) is 200 Å². The van der Waals surface area contributed by atoms with Gasteiger partial charge in [-0.3, -0.25) is 0 Å². The molecule has 0 radical (unpaired) electrons. The summed E-state index contributed by atoms with van der Waals surface area (Å²) < 4.78 is 4.87. The Morgan fingerprint density at radius 2 is 0.741 bits per heavy atom. The molecule has 12 rings (SSSR count). The summed E-state index contributed by atoms with van der Waals surface area (Å²) in [5, 5.41) is 9.51. The molecule has 0 N–H and O–H groups in total. The molecular formula is C53H33N5. The molecule has 0 saturated carbocycles. The van der Waals surface area contributed by atoms with Gasteiger partial charge in [0.15, 0.2) is 17.5 Å². The zero-order valence-corrected chi connectivity index (χ0v) is 31.3. The van der Waals surface area contributed by atoms with Gasteiger partial charge < -0.3 is 9.13 Å². The van der Waals surface area contributed by atoms with Crippen LogP contribution in [0, 0.1) is 0 Å². The molecule has 58 heavy (non-hydrogen) atoms. The Morgan fingerprint density at radius 3 is 1.34 bits per heavy atom. The van der Waals surface area contributed by atoms with E-state index in [-0.39, 0.29) is 0 Å². The molecule has 3 heterocycles. The number of hydrogen-bond acceptors (Lipinski definition) is 3. The topological polar surface area (TPSA) is 48.5 Å². The zero-order valence-electron chi connectivity index (χ0n) is 31.3. The van der Waals surface area contributed by atoms with Crippen LogP contribution in [0.2, 0.25) is 0 Å². The quantitative estimate of drug-likeness (QED) is 0.177. The van der Waals surface area contributed by atoms with Crippen LogP contribution in [-0.4, -0.2) is 24.1 Å². The van der Waals surface area contributed by atoms with Gasteiger partial charge in [-0.15, -0.1) is 0 Å². The summed E-state index contributed by atoms with van der Waals surface area (Å²) >= 11 is 0. The summed E-state index contributed by atoms with van der Waals surface area (Å²) in [5.41, 5.74) is 9.80. The molecule has 0 bridgehead atoms. The largest absolute Gasteiger partial charge is 0.309 e. The van der Waals surface area contributed by atoms with Gasteiger partial charge in [0.2, 0.25) is 0 Å². The molecule has 12 aromatic rings. The minimum absolute atomic E-state index is 0.638. The molecular weight excluding hydrogens is 707 g/mol. The molecule has 0 spiro atoms. The normalized spacial score (nSPS) is 11.8. The standard InChI is InChI=1S/C53H33N5/c1-3-16-34(17-4-1)51-54-52(35-18-5-2-6-19-35)56-53(55-51)42-30-31-49(38-22-8-7-21-37(38)42)58-47-28-14-11-25-41(47)44-32-36-20-15-29-48(43(36)33-50(44)58)57-45-26-12-9-23-39(45)40-24-10-13-27-46(40)57/h1-33H. The van der Waals surface area contributed by atoms with Crippen LogP contribution in [0.25, 0.3) is 111 Å². The minimum atomic E-state index is 0.638. The lowest BCUT2D eigenvalue weighted by Gasteiger charge is -2.16. The maximum absolute atomic E-state index is 5.12. The lowest BCUT2D eigenvalue weighted by Crippen LogP contribution is -2.02. The van der Waals surface area contributed by atoms with Crippen molar-refractivity contribution in [3.05, 3.63) is 200 Å². The lowest BCUT2D eigenvalue weighted by molar-refractivity contribution is 1.08. The number of para-hydroxylation sites is 3. The van der Waals surface area contributed by atoms with E-state index in [0.29, 0.717) is 17.5 Å². The van der Waals surface area contributed by atoms with Crippen molar-refractivity contribution in [1.29, 1.82) is 0 Å². The fourth-order valence-electron chi connectivity index (χ4n) is 8.96. The second-order valence-electron chi connectivity index (χ2n) is 14.8. The number of rotatable bonds is 5. The van der Waals surface area contributed by atoms with E-state index in [1.165, 1.54) is 43.4 Å². The van der Waals surface area contributed by atoms with Crippen LogP contribution in [0.4, 0.5) is 0 Å². The Balaban J connectivity index is 1.12. The Bertz CT molecular complexity index is 3450. The van der Waals surface area contributed by atoms with Crippen molar-refractivity contribution in [2.75, 3.05) is 0 Å². The molecule has 0 fully saturated rings. The molecule has 270 valence electrons. The molecule has 0 aliphatic carbocycles. The highest BCUT2D eigenvalue weighted by atomic mass is 15.0. The highest BCUT2D eigenvalue weighted by Crippen LogP contribution is 2.41. The summed E-state index contributed by atoms with van der Waals surface area (Å²) in [4.78, 5) is 15.2. The van der Waals surface area contributed by atoms with Crippen molar-refractivity contribution in [2.45, 2.75) is 0 Å². The van der Waals surface area contributed by atoms with Gasteiger partial charge in [0.1, 0.15) is 0 Å². The fourth-order valence-corrected chi connectivity index (χ4v) is 8.96. The zero-order chi connectivity index (χ0) is 38.2. The molecule has 3 aromatic heterocycles. The summed E-state index contributed by atoms with van der Waals surface area (Å²) in [6.07, 6.45) is 0. The highest BCUT2D eigenvalue weighted by molar-refractivity contribution is 6.17. The predicted molar refractivity (Wildman–Crippen MR) is 240 cm³/mol. The van der Waals surface area contributed by atoms with E-state index >= 15 is 0 Å². The Kier molecular flexibility index (Phi) is 7.16. The third kappa shape index (κ3) is 4.93. The average molecular weight is 740 g/mol. The van der Waals surface area contributed by atoms with E-state index in [9.17, 15) is 0 Å². The smallest absolute Gasteiger partial charge is 0.164 e. The number of nitrogens with zero attached hydrogens (tertiary/aromatic N) is 5. The Labute approximate surface area is 333 Å². The van der Waals surface area contributed by atoms with Gasteiger partial charge in [-0.05, 0) is 59.3 Å². The van der Waals surface area contributed by atoms with Crippen LogP contribution in [0.1, 0.15) is 0 Å². The molecule has 9 aromatic carbocycles. The van der Waals surface area contributed by atoms with Gasteiger partial charge in [-0.2, -0.15) is 0 Å². The third-order valence-corrected chi connectivity index (χ3v) is 11.6. The number of hydrogen-bond donors (Lipinski definition) is 0. The first-order chi connectivity index (χ1) is 28.8. The van der Waals surface area contributed by atoms with E-state index in [0.717, 1.165) is 49.9 Å². The van der Waals surface area contributed by atoms with Crippen molar-refractivity contribution in [2.24, 2.45) is 0 Å². The maximum atomic E-state index is 5.12. The Morgan fingerprint density at radius 1 is 0.276 bits per heavy atom. The maximum Gasteiger partial charge on any atom is 0.164 e. The lowest BCUT2D eigenvalue weighted by atomic mass is 10.0. The summed E-state index contributed by atoms with van der Waals surface area (Å²) in [5.74, 6) is 1.93. The van der Waals surface area contributed by atoms with Gasteiger partial charge in [-0.1, -0.05) is 152 Å². The Hall–Kier alpha value is -7.89. The predicted octanol–water partition coefficient (Wildman–Crippen LogP) is 13.4. The van der Waals surface area contributed by atoms with Gasteiger partial charge in [0, 0.05) is 49.0 Å². The summed E-state index contributed by atoms with van der Waals surface area (Å²) in [6, 6.07) is 71.0. The van der Waals surface area contributed by atoms with Crippen molar-refractivity contribution < 1.29 is 0 Å². The fraction of sp³-hybridized carbons (Fsp3) is 0. The van der Waals surface area contributed by atoms with Gasteiger partial charge in [0.05, 0.1) is 33.4 Å². The first-order valence-electron chi connectivity index (χ1n) is 19.6. The monoisotopic (exact) mass is 739 g/mol. The van der Waals surface area contributed by atoms with E-state index in [4.69, 9.17) is 15.0 Å². The highest BCUT2D eigenvalue weighted by Gasteiger charge is 2.21. The number of fused-ring (bicyclic) bond motifs is 8. The van der Waals surface area contributed by atoms with Crippen molar-refractivity contribution in [3.63, 3.8) is 0 Å². The van der Waals surface area contributed by atoms with Crippen molar-refractivity contribution >= 4 is 65.2 Å². The van der Waals surface area contributed by atoms with Gasteiger partial charge in [-0.25, -0.2) is 15.0 Å². The summed E-state index contributed by atoms with van der Waals surface area (Å²) in [6.45, 7) is 0. The van der Waals surface area contributed by atoms with Gasteiger partial charge >= 0.3 is 0 Å². The molecule has 0 aliphatic heterocycles. The van der Waals surface area contributed by atoms with Crippen molar-refractivity contribution in [3.8, 4) is 45.5 Å². The van der Waals surface area contributed by atoms with Crippen LogP contribution < -0.4 is 0 Å². The van der Waals surface area contributed by atoms with Crippen LogP contribution >= 0.6 is 0 Å². The summed E-state index contributed by atoms with van der Waals surface area (Å²) in [7, 11) is 0. The molecule has 0 unspecified atom stereocenters. The van der Waals surface area contributed by atoms with E-state index in [1.807, 2.05) is 60.7 Å². The van der Waals surface area contributed by atoms with Crippen LogP contribution in [0.5, 0.6) is 0 Å². The number of aromatic nitrogens is 5. The third-order valence-electron chi connectivity index (χ3n) is 11.6. The second-order valence-corrected chi connectivity index (χ2v) is 14.8. The average Bonchev–Trinajstić information content (AvgIpc) is 3.80. The minimum Gasteiger partial charge on any atom is -0.309 e. The molecule has 0 saturated heterocycles. The molecule has 5 nitrogen and oxygen atoms in total.